The molecule has 0 saturated carbocycles. The molecule has 0 aliphatic rings. The first-order chi connectivity index (χ1) is 29.0. The number of nitrogens with zero attached hydrogens (tertiary/aromatic N) is 1. The van der Waals surface area contributed by atoms with Crippen LogP contribution in [0.25, 0.3) is 0 Å². The molecule has 0 aromatic carbocycles. The molecule has 3 unspecified atom stereocenters. The van der Waals surface area contributed by atoms with Crippen molar-refractivity contribution < 1.29 is 32.9 Å². The van der Waals surface area contributed by atoms with E-state index < -0.39 is 20.0 Å². The maximum atomic E-state index is 12.8. The van der Waals surface area contributed by atoms with Gasteiger partial charge >= 0.3 is 7.82 Å². The predicted molar refractivity (Wildman–Crippen MR) is 258 cm³/mol. The number of aliphatic hydroxyl groups excluding tert-OH is 1. The highest BCUT2D eigenvalue weighted by Crippen LogP contribution is 2.43. The fourth-order valence-corrected chi connectivity index (χ4v) is 8.32. The zero-order valence-corrected chi connectivity index (χ0v) is 41.4. The van der Waals surface area contributed by atoms with E-state index in [2.05, 4.69) is 31.3 Å². The van der Waals surface area contributed by atoms with Crippen molar-refractivity contribution in [2.75, 3.05) is 40.9 Å². The minimum Gasteiger partial charge on any atom is -0.387 e. The summed E-state index contributed by atoms with van der Waals surface area (Å²) in [7, 11) is 1.56. The van der Waals surface area contributed by atoms with Crippen molar-refractivity contribution in [2.45, 2.75) is 257 Å². The van der Waals surface area contributed by atoms with Gasteiger partial charge in [0.1, 0.15) is 13.2 Å². The largest absolute Gasteiger partial charge is 0.472 e. The molecule has 0 aromatic rings. The Bertz CT molecular complexity index is 1030. The summed E-state index contributed by atoms with van der Waals surface area (Å²) in [4.78, 5) is 23.0. The summed E-state index contributed by atoms with van der Waals surface area (Å²) in [5.41, 5.74) is 0. The predicted octanol–water partition coefficient (Wildman–Crippen LogP) is 14.9. The van der Waals surface area contributed by atoms with Gasteiger partial charge in [0.15, 0.2) is 0 Å². The van der Waals surface area contributed by atoms with Crippen molar-refractivity contribution in [3.63, 3.8) is 0 Å². The number of rotatable bonds is 47. The van der Waals surface area contributed by atoms with Crippen LogP contribution in [0.3, 0.4) is 0 Å². The molecular weight excluding hydrogens is 768 g/mol. The number of quaternary nitrogens is 1. The van der Waals surface area contributed by atoms with Gasteiger partial charge in [-0.2, -0.15) is 0 Å². The number of carbonyl (C=O) groups is 1. The summed E-state index contributed by atoms with van der Waals surface area (Å²) < 4.78 is 23.5. The van der Waals surface area contributed by atoms with E-state index >= 15 is 0 Å². The van der Waals surface area contributed by atoms with Crippen molar-refractivity contribution >= 4 is 13.7 Å². The van der Waals surface area contributed by atoms with Crippen LogP contribution in [0.2, 0.25) is 0 Å². The third-order valence-electron chi connectivity index (χ3n) is 11.7. The minimum atomic E-state index is -4.34. The number of hydrogen-bond acceptors (Lipinski definition) is 5. The fraction of sp³-hybridized carbons (Fsp3) is 0.902. The molecule has 0 saturated heterocycles. The van der Waals surface area contributed by atoms with Gasteiger partial charge < -0.3 is 19.8 Å². The summed E-state index contributed by atoms with van der Waals surface area (Å²) in [6.45, 7) is 4.77. The van der Waals surface area contributed by atoms with Crippen LogP contribution < -0.4 is 5.32 Å². The van der Waals surface area contributed by atoms with Gasteiger partial charge in [0.25, 0.3) is 0 Å². The molecule has 356 valence electrons. The highest BCUT2D eigenvalue weighted by atomic mass is 31.2. The van der Waals surface area contributed by atoms with Crippen LogP contribution in [0.15, 0.2) is 24.3 Å². The molecule has 8 nitrogen and oxygen atoms in total. The van der Waals surface area contributed by atoms with Crippen LogP contribution in [0.4, 0.5) is 0 Å². The molecule has 0 heterocycles. The Balaban J connectivity index is 4.06. The molecule has 0 spiro atoms. The monoisotopic (exact) mass is 870 g/mol. The van der Waals surface area contributed by atoms with Crippen LogP contribution >= 0.6 is 7.82 Å². The number of phosphoric acid groups is 1. The third kappa shape index (κ3) is 45.0. The average Bonchev–Trinajstić information content (AvgIpc) is 3.20. The molecule has 9 heteroatoms. The van der Waals surface area contributed by atoms with Crippen LogP contribution in [0, 0.1) is 0 Å². The molecular formula is C51H102N2O6P+. The minimum absolute atomic E-state index is 0.0579. The molecule has 0 radical (unpaired) electrons. The number of phosphoric ester groups is 1. The van der Waals surface area contributed by atoms with Gasteiger partial charge in [-0.3, -0.25) is 13.8 Å². The molecule has 0 rings (SSSR count). The van der Waals surface area contributed by atoms with E-state index in [4.69, 9.17) is 9.05 Å². The second-order valence-corrected chi connectivity index (χ2v) is 20.4. The summed E-state index contributed by atoms with van der Waals surface area (Å²) in [6, 6.07) is -0.857. The van der Waals surface area contributed by atoms with Crippen molar-refractivity contribution in [1.29, 1.82) is 0 Å². The Hall–Kier alpha value is -1.02. The standard InChI is InChI=1S/C51H101N2O6P/c1-6-8-10-12-14-16-17-18-19-20-21-22-23-24-25-26-27-28-29-30-31-32-33-34-35-36-37-38-40-42-44-50(54)49(48-59-60(56,57)58-47-46-53(3,4)5)52-51(55)45-43-41-39-15-13-11-9-7-2/h36-37,42,44,49-50,54H,6-35,38-41,43,45-48H2,1-5H3,(H-,52,55,56,57)/p+1/b37-36+,44-42+. The number of likely N-dealkylation sites (N-methyl/N-ethyl adjacent to an activating group) is 1. The molecule has 3 N–H and O–H groups in total. The second kappa shape index (κ2) is 43.2. The van der Waals surface area contributed by atoms with Gasteiger partial charge in [-0.1, -0.05) is 231 Å². The van der Waals surface area contributed by atoms with Crippen LogP contribution in [-0.4, -0.2) is 73.4 Å². The Morgan fingerprint density at radius 3 is 1.33 bits per heavy atom. The molecule has 1 amide bonds. The van der Waals surface area contributed by atoms with Crippen molar-refractivity contribution in [2.24, 2.45) is 0 Å². The lowest BCUT2D eigenvalue weighted by Crippen LogP contribution is -2.45. The molecule has 0 aromatic heterocycles. The zero-order chi connectivity index (χ0) is 44.3. The molecule has 0 fully saturated rings. The first kappa shape index (κ1) is 59.0. The fourth-order valence-electron chi connectivity index (χ4n) is 7.59. The Morgan fingerprint density at radius 2 is 0.917 bits per heavy atom. The second-order valence-electron chi connectivity index (χ2n) is 18.9. The lowest BCUT2D eigenvalue weighted by molar-refractivity contribution is -0.870. The topological polar surface area (TPSA) is 105 Å². The SMILES string of the molecule is CCCCCCCCCCCCCCCCCCCCCCCCCC/C=C/CC/C=C/C(O)C(COP(=O)(O)OCC[N+](C)(C)C)NC(=O)CCCCCCCCCC. The summed E-state index contributed by atoms with van der Waals surface area (Å²) in [5, 5.41) is 13.8. The number of amides is 1. The van der Waals surface area contributed by atoms with Crippen molar-refractivity contribution in [3.05, 3.63) is 24.3 Å². The van der Waals surface area contributed by atoms with E-state index in [1.807, 2.05) is 27.2 Å². The van der Waals surface area contributed by atoms with Gasteiger partial charge in [0, 0.05) is 6.42 Å². The lowest BCUT2D eigenvalue weighted by atomic mass is 10.0. The van der Waals surface area contributed by atoms with Crippen molar-refractivity contribution in [1.82, 2.24) is 5.32 Å². The number of aliphatic hydroxyl groups is 1. The number of nitrogens with one attached hydrogen (secondary N) is 1. The quantitative estimate of drug-likeness (QED) is 0.0243. The van der Waals surface area contributed by atoms with Crippen LogP contribution in [0.5, 0.6) is 0 Å². The molecule has 60 heavy (non-hydrogen) atoms. The number of carbonyl (C=O) groups excluding carboxylic acids is 1. The number of allylic oxidation sites excluding steroid dienone is 3. The van der Waals surface area contributed by atoms with Crippen LogP contribution in [0.1, 0.15) is 245 Å². The van der Waals surface area contributed by atoms with Gasteiger partial charge in [0.2, 0.25) is 5.91 Å². The Kier molecular flexibility index (Phi) is 42.5. The molecule has 0 aliphatic carbocycles. The van der Waals surface area contributed by atoms with Gasteiger partial charge in [-0.25, -0.2) is 4.57 Å². The van der Waals surface area contributed by atoms with E-state index in [9.17, 15) is 19.4 Å². The first-order valence-electron chi connectivity index (χ1n) is 25.7. The number of unbranched alkanes of at least 4 members (excludes halogenated alkanes) is 32. The van der Waals surface area contributed by atoms with Gasteiger partial charge in [-0.15, -0.1) is 0 Å². The normalized spacial score (nSPS) is 14.3. The first-order valence-corrected chi connectivity index (χ1v) is 27.2. The molecule has 0 aliphatic heterocycles. The molecule has 0 bridgehead atoms. The smallest absolute Gasteiger partial charge is 0.387 e. The van der Waals surface area contributed by atoms with E-state index in [1.165, 1.54) is 186 Å². The van der Waals surface area contributed by atoms with Crippen LogP contribution in [-0.2, 0) is 18.4 Å². The van der Waals surface area contributed by atoms with Crippen molar-refractivity contribution in [3.8, 4) is 0 Å². The average molecular weight is 870 g/mol. The van der Waals surface area contributed by atoms with E-state index in [0.717, 1.165) is 38.5 Å². The van der Waals surface area contributed by atoms with E-state index in [0.29, 0.717) is 17.4 Å². The Labute approximate surface area is 373 Å². The zero-order valence-electron chi connectivity index (χ0n) is 40.5. The third-order valence-corrected chi connectivity index (χ3v) is 12.7. The summed E-state index contributed by atoms with van der Waals surface area (Å²) in [5.74, 6) is -0.190. The highest BCUT2D eigenvalue weighted by molar-refractivity contribution is 7.47. The summed E-state index contributed by atoms with van der Waals surface area (Å²) >= 11 is 0. The lowest BCUT2D eigenvalue weighted by Gasteiger charge is -2.25. The van der Waals surface area contributed by atoms with E-state index in [1.54, 1.807) is 6.08 Å². The van der Waals surface area contributed by atoms with Gasteiger partial charge in [0.05, 0.1) is 39.9 Å². The maximum absolute atomic E-state index is 12.8. The number of hydrogen-bond donors (Lipinski definition) is 3. The highest BCUT2D eigenvalue weighted by Gasteiger charge is 2.27. The Morgan fingerprint density at radius 1 is 0.550 bits per heavy atom. The van der Waals surface area contributed by atoms with E-state index in [-0.39, 0.29) is 19.1 Å². The molecule has 3 atom stereocenters. The maximum Gasteiger partial charge on any atom is 0.472 e. The van der Waals surface area contributed by atoms with Gasteiger partial charge in [-0.05, 0) is 32.1 Å². The summed E-state index contributed by atoms with van der Waals surface area (Å²) in [6.07, 6.45) is 53.1.